The van der Waals surface area contributed by atoms with E-state index in [9.17, 15) is 14.9 Å². The minimum absolute atomic E-state index is 0.0658. The van der Waals surface area contributed by atoms with Crippen molar-refractivity contribution in [2.75, 3.05) is 12.4 Å². The molecule has 0 aliphatic heterocycles. The molecule has 2 aromatic rings. The Balaban J connectivity index is 1.89. The lowest BCUT2D eigenvalue weighted by atomic mass is 9.95. The smallest absolute Gasteiger partial charge is 0.266 e. The minimum atomic E-state index is -0.592. The topological polar surface area (TPSA) is 114 Å². The Morgan fingerprint density at radius 1 is 1.26 bits per heavy atom. The first kappa shape index (κ1) is 22.4. The Morgan fingerprint density at radius 2 is 2.00 bits per heavy atom. The van der Waals surface area contributed by atoms with Gasteiger partial charge in [-0.15, -0.1) is 11.3 Å². The monoisotopic (exact) mass is 439 g/mol. The third-order valence-corrected chi connectivity index (χ3v) is 6.08. The Kier molecular flexibility index (Phi) is 6.98. The molecule has 0 spiro atoms. The van der Waals surface area contributed by atoms with Crippen molar-refractivity contribution >= 4 is 34.2 Å². The van der Waals surface area contributed by atoms with Crippen LogP contribution >= 0.6 is 11.3 Å². The molecule has 1 aromatic heterocycles. The molecule has 1 heterocycles. The van der Waals surface area contributed by atoms with Gasteiger partial charge in [-0.05, 0) is 68.9 Å². The second-order valence-corrected chi connectivity index (χ2v) is 8.59. The number of fused-ring (bicyclic) bond motifs is 1. The van der Waals surface area contributed by atoms with Crippen LogP contribution in [0.4, 0.5) is 5.00 Å². The normalized spacial score (nSPS) is 13.3. The quantitative estimate of drug-likeness (QED) is 0.499. The van der Waals surface area contributed by atoms with Gasteiger partial charge >= 0.3 is 0 Å². The van der Waals surface area contributed by atoms with E-state index in [-0.39, 0.29) is 11.7 Å². The van der Waals surface area contributed by atoms with Gasteiger partial charge in [-0.2, -0.15) is 5.26 Å². The number of rotatable bonds is 7. The standard InChI is InChI=1S/C23H25N3O4S/c1-13(2)30-18-11-14(8-9-17(18)29-3)10-15(12-24)22(28)26-23-20(21(25)27)16-6-4-5-7-19(16)31-23/h8-11,13H,4-7H2,1-3H3,(H2,25,27)(H,26,28)/b15-10-. The number of hydrogen-bond acceptors (Lipinski definition) is 6. The number of ether oxygens (including phenoxy) is 2. The van der Waals surface area contributed by atoms with Gasteiger partial charge in [-0.1, -0.05) is 6.07 Å². The van der Waals surface area contributed by atoms with E-state index in [0.29, 0.717) is 27.6 Å². The summed E-state index contributed by atoms with van der Waals surface area (Å²) in [6, 6.07) is 7.09. The van der Waals surface area contributed by atoms with Crippen LogP contribution in [-0.2, 0) is 17.6 Å². The van der Waals surface area contributed by atoms with Gasteiger partial charge in [0.15, 0.2) is 11.5 Å². The van der Waals surface area contributed by atoms with Crippen LogP contribution in [0.2, 0.25) is 0 Å². The van der Waals surface area contributed by atoms with E-state index in [1.54, 1.807) is 25.3 Å². The average molecular weight is 440 g/mol. The van der Waals surface area contributed by atoms with Gasteiger partial charge in [0, 0.05) is 4.88 Å². The molecule has 3 rings (SSSR count). The zero-order valence-electron chi connectivity index (χ0n) is 17.8. The number of benzene rings is 1. The van der Waals surface area contributed by atoms with Gasteiger partial charge in [-0.25, -0.2) is 0 Å². The van der Waals surface area contributed by atoms with Crippen LogP contribution in [0, 0.1) is 11.3 Å². The van der Waals surface area contributed by atoms with Gasteiger partial charge in [-0.3, -0.25) is 9.59 Å². The number of anilines is 1. The van der Waals surface area contributed by atoms with Crippen molar-refractivity contribution in [2.45, 2.75) is 45.6 Å². The van der Waals surface area contributed by atoms with Crippen molar-refractivity contribution in [3.05, 3.63) is 45.3 Å². The molecule has 2 amide bonds. The molecule has 8 heteroatoms. The van der Waals surface area contributed by atoms with E-state index in [1.165, 1.54) is 17.4 Å². The third kappa shape index (κ3) is 5.06. The van der Waals surface area contributed by atoms with Crippen LogP contribution in [0.25, 0.3) is 6.08 Å². The van der Waals surface area contributed by atoms with Crippen LogP contribution in [0.15, 0.2) is 23.8 Å². The minimum Gasteiger partial charge on any atom is -0.493 e. The largest absolute Gasteiger partial charge is 0.493 e. The number of aryl methyl sites for hydroxylation is 1. The highest BCUT2D eigenvalue weighted by Gasteiger charge is 2.25. The van der Waals surface area contributed by atoms with Crippen molar-refractivity contribution in [3.63, 3.8) is 0 Å². The molecule has 7 nitrogen and oxygen atoms in total. The van der Waals surface area contributed by atoms with Crippen LogP contribution in [0.5, 0.6) is 11.5 Å². The molecule has 0 unspecified atom stereocenters. The zero-order valence-corrected chi connectivity index (χ0v) is 18.6. The number of carbonyl (C=O) groups is 2. The predicted octanol–water partition coefficient (Wildman–Crippen LogP) is 4.07. The third-order valence-electron chi connectivity index (χ3n) is 4.87. The summed E-state index contributed by atoms with van der Waals surface area (Å²) >= 11 is 1.36. The van der Waals surface area contributed by atoms with Crippen LogP contribution in [0.3, 0.4) is 0 Å². The number of primary amides is 1. The fourth-order valence-electron chi connectivity index (χ4n) is 3.53. The van der Waals surface area contributed by atoms with Crippen LogP contribution in [0.1, 0.15) is 53.1 Å². The number of nitrogens with one attached hydrogen (secondary N) is 1. The van der Waals surface area contributed by atoms with E-state index < -0.39 is 11.8 Å². The highest BCUT2D eigenvalue weighted by molar-refractivity contribution is 7.17. The summed E-state index contributed by atoms with van der Waals surface area (Å²) < 4.78 is 11.1. The SMILES string of the molecule is COc1ccc(/C=C(/C#N)C(=O)Nc2sc3c(c2C(N)=O)CCCC3)cc1OC(C)C. The second kappa shape index (κ2) is 9.67. The number of thiophene rings is 1. The lowest BCUT2D eigenvalue weighted by Gasteiger charge is -2.14. The lowest BCUT2D eigenvalue weighted by molar-refractivity contribution is -0.112. The number of carbonyl (C=O) groups excluding carboxylic acids is 2. The second-order valence-electron chi connectivity index (χ2n) is 7.48. The van der Waals surface area contributed by atoms with Gasteiger partial charge in [0.2, 0.25) is 0 Å². The van der Waals surface area contributed by atoms with Gasteiger partial charge < -0.3 is 20.5 Å². The fourth-order valence-corrected chi connectivity index (χ4v) is 4.82. The molecule has 0 saturated carbocycles. The molecule has 1 aliphatic rings. The Labute approximate surface area is 185 Å². The predicted molar refractivity (Wildman–Crippen MR) is 120 cm³/mol. The molecule has 1 aliphatic carbocycles. The summed E-state index contributed by atoms with van der Waals surface area (Å²) in [6.07, 6.45) is 5.07. The Bertz CT molecular complexity index is 1080. The summed E-state index contributed by atoms with van der Waals surface area (Å²) in [7, 11) is 1.54. The van der Waals surface area contributed by atoms with Gasteiger partial charge in [0.25, 0.3) is 11.8 Å². The number of nitrogens with two attached hydrogens (primary N) is 1. The first-order chi connectivity index (χ1) is 14.8. The number of hydrogen-bond donors (Lipinski definition) is 2. The Hall–Kier alpha value is -3.31. The van der Waals surface area contributed by atoms with E-state index >= 15 is 0 Å². The number of nitriles is 1. The molecular weight excluding hydrogens is 414 g/mol. The van der Waals surface area contributed by atoms with E-state index in [1.807, 2.05) is 19.9 Å². The maximum absolute atomic E-state index is 12.8. The maximum atomic E-state index is 12.8. The number of nitrogens with zero attached hydrogens (tertiary/aromatic N) is 1. The van der Waals surface area contributed by atoms with E-state index in [4.69, 9.17) is 15.2 Å². The summed E-state index contributed by atoms with van der Waals surface area (Å²) in [5.74, 6) is -0.0801. The van der Waals surface area contributed by atoms with Crippen molar-refractivity contribution in [1.82, 2.24) is 0 Å². The molecule has 0 bridgehead atoms. The summed E-state index contributed by atoms with van der Waals surface area (Å²) in [5.41, 5.74) is 7.39. The van der Waals surface area contributed by atoms with Crippen molar-refractivity contribution in [1.29, 1.82) is 5.26 Å². The zero-order chi connectivity index (χ0) is 22.5. The number of amides is 2. The molecule has 162 valence electrons. The molecule has 0 saturated heterocycles. The molecule has 0 fully saturated rings. The van der Waals surface area contributed by atoms with E-state index in [2.05, 4.69) is 5.32 Å². The molecule has 1 aromatic carbocycles. The molecular formula is C23H25N3O4S. The molecule has 3 N–H and O–H groups in total. The van der Waals surface area contributed by atoms with Crippen molar-refractivity contribution in [3.8, 4) is 17.6 Å². The molecule has 0 radical (unpaired) electrons. The van der Waals surface area contributed by atoms with E-state index in [0.717, 1.165) is 36.1 Å². The lowest BCUT2D eigenvalue weighted by Crippen LogP contribution is -2.19. The first-order valence-electron chi connectivity index (χ1n) is 10.1. The van der Waals surface area contributed by atoms with Crippen molar-refractivity contribution < 1.29 is 19.1 Å². The van der Waals surface area contributed by atoms with Gasteiger partial charge in [0.1, 0.15) is 16.6 Å². The fraction of sp³-hybridized carbons (Fsp3) is 0.348. The van der Waals surface area contributed by atoms with Crippen molar-refractivity contribution in [2.24, 2.45) is 5.73 Å². The van der Waals surface area contributed by atoms with Crippen LogP contribution < -0.4 is 20.5 Å². The highest BCUT2D eigenvalue weighted by Crippen LogP contribution is 2.38. The summed E-state index contributed by atoms with van der Waals surface area (Å²) in [6.45, 7) is 3.79. The highest BCUT2D eigenvalue weighted by atomic mass is 32.1. The summed E-state index contributed by atoms with van der Waals surface area (Å²) in [5, 5.41) is 12.7. The average Bonchev–Trinajstić information content (AvgIpc) is 3.09. The van der Waals surface area contributed by atoms with Gasteiger partial charge in [0.05, 0.1) is 18.8 Å². The maximum Gasteiger partial charge on any atom is 0.266 e. The summed E-state index contributed by atoms with van der Waals surface area (Å²) in [4.78, 5) is 25.9. The number of methoxy groups -OCH3 is 1. The first-order valence-corrected chi connectivity index (χ1v) is 10.9. The molecule has 0 atom stereocenters. The van der Waals surface area contributed by atoms with Crippen LogP contribution in [-0.4, -0.2) is 25.0 Å². The molecule has 31 heavy (non-hydrogen) atoms. The Morgan fingerprint density at radius 3 is 2.65 bits per heavy atom.